The fraction of sp³-hybridized carbons (Fsp3) is 0.200. The largest absolute Gasteiger partial charge is 0.482 e. The second-order valence-corrected chi connectivity index (χ2v) is 8.21. The number of carbonyl (C=O) groups excluding carboxylic acids is 2. The minimum Gasteiger partial charge on any atom is -0.482 e. The standard InChI is InChI=1S/C20H18N2O3S2/c23-19(13-22-17-7-1-2-8-18(17)25-14-20(22)24)21(11-15-5-3-9-26-15)12-16-6-4-10-27-16/h1-10H,11-14H2. The number of nitrogens with zero attached hydrogens (tertiary/aromatic N) is 2. The molecule has 2 aromatic heterocycles. The molecule has 1 aromatic carbocycles. The molecule has 0 fully saturated rings. The number of rotatable bonds is 6. The van der Waals surface area contributed by atoms with Crippen LogP contribution in [0.5, 0.6) is 5.75 Å². The molecule has 1 aliphatic rings. The third-order valence-corrected chi connectivity index (χ3v) is 6.03. The van der Waals surface area contributed by atoms with Crippen molar-refractivity contribution in [2.45, 2.75) is 13.1 Å². The summed E-state index contributed by atoms with van der Waals surface area (Å²) in [5.41, 5.74) is 0.647. The van der Waals surface area contributed by atoms with Gasteiger partial charge in [-0.3, -0.25) is 14.5 Å². The van der Waals surface area contributed by atoms with Crippen molar-refractivity contribution >= 4 is 40.2 Å². The normalized spacial score (nSPS) is 13.2. The van der Waals surface area contributed by atoms with E-state index in [1.54, 1.807) is 22.7 Å². The van der Waals surface area contributed by atoms with Crippen LogP contribution < -0.4 is 9.64 Å². The summed E-state index contributed by atoms with van der Waals surface area (Å²) < 4.78 is 5.47. The number of amides is 2. The van der Waals surface area contributed by atoms with E-state index in [1.165, 1.54) is 4.90 Å². The zero-order valence-corrected chi connectivity index (χ0v) is 16.2. The Bertz CT molecular complexity index is 886. The zero-order chi connectivity index (χ0) is 18.6. The van der Waals surface area contributed by atoms with Gasteiger partial charge in [0.05, 0.1) is 18.8 Å². The van der Waals surface area contributed by atoms with Gasteiger partial charge < -0.3 is 9.64 Å². The maximum absolute atomic E-state index is 13.1. The Morgan fingerprint density at radius 2 is 1.67 bits per heavy atom. The van der Waals surface area contributed by atoms with E-state index in [2.05, 4.69) is 0 Å². The summed E-state index contributed by atoms with van der Waals surface area (Å²) >= 11 is 3.25. The van der Waals surface area contributed by atoms with Gasteiger partial charge in [0.25, 0.3) is 5.91 Å². The van der Waals surface area contributed by atoms with E-state index < -0.39 is 0 Å². The van der Waals surface area contributed by atoms with Gasteiger partial charge in [0.15, 0.2) is 6.61 Å². The highest BCUT2D eigenvalue weighted by atomic mass is 32.1. The molecule has 0 bridgehead atoms. The lowest BCUT2D eigenvalue weighted by atomic mass is 10.2. The van der Waals surface area contributed by atoms with E-state index in [9.17, 15) is 9.59 Å². The summed E-state index contributed by atoms with van der Waals surface area (Å²) in [6, 6.07) is 15.3. The van der Waals surface area contributed by atoms with Crippen molar-refractivity contribution < 1.29 is 14.3 Å². The molecule has 5 nitrogen and oxygen atoms in total. The molecule has 3 aromatic rings. The van der Waals surface area contributed by atoms with Crippen LogP contribution in [0, 0.1) is 0 Å². The summed E-state index contributed by atoms with van der Waals surface area (Å²) in [5, 5.41) is 4.01. The van der Waals surface area contributed by atoms with E-state index in [4.69, 9.17) is 4.74 Å². The van der Waals surface area contributed by atoms with Crippen molar-refractivity contribution in [1.29, 1.82) is 0 Å². The Labute approximate surface area is 165 Å². The number of hydrogen-bond acceptors (Lipinski definition) is 5. The van der Waals surface area contributed by atoms with Crippen LogP contribution in [0.3, 0.4) is 0 Å². The SMILES string of the molecule is O=C(CN1C(=O)COc2ccccc21)N(Cc1cccs1)Cc1cccs1. The van der Waals surface area contributed by atoms with Gasteiger partial charge in [0.2, 0.25) is 5.91 Å². The van der Waals surface area contributed by atoms with E-state index in [-0.39, 0.29) is 25.0 Å². The molecule has 0 spiro atoms. The second-order valence-electron chi connectivity index (χ2n) is 6.14. The molecule has 0 aliphatic carbocycles. The van der Waals surface area contributed by atoms with Crippen LogP contribution in [-0.4, -0.2) is 29.9 Å². The number of carbonyl (C=O) groups is 2. The van der Waals surface area contributed by atoms with Crippen molar-refractivity contribution in [3.8, 4) is 5.75 Å². The van der Waals surface area contributed by atoms with Gasteiger partial charge in [-0.05, 0) is 35.0 Å². The summed E-state index contributed by atoms with van der Waals surface area (Å²) in [5.74, 6) is 0.351. The minimum absolute atomic E-state index is 0.00988. The van der Waals surface area contributed by atoms with E-state index in [0.29, 0.717) is 24.5 Å². The Balaban J connectivity index is 1.55. The molecule has 0 saturated heterocycles. The van der Waals surface area contributed by atoms with Crippen LogP contribution in [0.1, 0.15) is 9.75 Å². The lowest BCUT2D eigenvalue weighted by Crippen LogP contribution is -2.46. The van der Waals surface area contributed by atoms with E-state index >= 15 is 0 Å². The van der Waals surface area contributed by atoms with E-state index in [1.807, 2.05) is 64.2 Å². The fourth-order valence-corrected chi connectivity index (χ4v) is 4.42. The highest BCUT2D eigenvalue weighted by molar-refractivity contribution is 7.10. The van der Waals surface area contributed by atoms with Crippen LogP contribution >= 0.6 is 22.7 Å². The Kier molecular flexibility index (Phi) is 5.22. The molecule has 7 heteroatoms. The van der Waals surface area contributed by atoms with Crippen molar-refractivity contribution in [1.82, 2.24) is 4.90 Å². The van der Waals surface area contributed by atoms with Crippen molar-refractivity contribution in [3.05, 3.63) is 69.0 Å². The average Bonchev–Trinajstić information content (AvgIpc) is 3.37. The molecule has 2 amide bonds. The fourth-order valence-electron chi connectivity index (χ4n) is 2.98. The first-order chi connectivity index (χ1) is 13.2. The molecule has 27 heavy (non-hydrogen) atoms. The van der Waals surface area contributed by atoms with Gasteiger partial charge in [-0.2, -0.15) is 0 Å². The average molecular weight is 399 g/mol. The molecule has 4 rings (SSSR count). The van der Waals surface area contributed by atoms with Gasteiger partial charge in [-0.1, -0.05) is 24.3 Å². The molecule has 138 valence electrons. The lowest BCUT2D eigenvalue weighted by Gasteiger charge is -2.31. The van der Waals surface area contributed by atoms with Crippen molar-refractivity contribution in [2.24, 2.45) is 0 Å². The summed E-state index contributed by atoms with van der Waals surface area (Å²) in [7, 11) is 0. The Morgan fingerprint density at radius 3 is 2.30 bits per heavy atom. The maximum Gasteiger partial charge on any atom is 0.265 e. The third-order valence-electron chi connectivity index (χ3n) is 4.31. The second kappa shape index (κ2) is 7.94. The first-order valence-corrected chi connectivity index (χ1v) is 10.3. The smallest absolute Gasteiger partial charge is 0.265 e. The molecular weight excluding hydrogens is 380 g/mol. The van der Waals surface area contributed by atoms with Gasteiger partial charge in [0, 0.05) is 9.75 Å². The predicted molar refractivity (Wildman–Crippen MR) is 107 cm³/mol. The first kappa shape index (κ1) is 17.8. The predicted octanol–water partition coefficient (Wildman–Crippen LogP) is 3.76. The molecule has 0 unspecified atom stereocenters. The molecule has 0 atom stereocenters. The van der Waals surface area contributed by atoms with Crippen LogP contribution in [0.4, 0.5) is 5.69 Å². The third kappa shape index (κ3) is 4.04. The van der Waals surface area contributed by atoms with E-state index in [0.717, 1.165) is 9.75 Å². The molecule has 1 aliphatic heterocycles. The maximum atomic E-state index is 13.1. The quantitative estimate of drug-likeness (QED) is 0.635. The molecule has 0 N–H and O–H groups in total. The number of ether oxygens (including phenoxy) is 1. The highest BCUT2D eigenvalue weighted by Crippen LogP contribution is 2.31. The topological polar surface area (TPSA) is 49.9 Å². The van der Waals surface area contributed by atoms with Gasteiger partial charge >= 0.3 is 0 Å². The number of hydrogen-bond donors (Lipinski definition) is 0. The van der Waals surface area contributed by atoms with Gasteiger partial charge in [0.1, 0.15) is 12.3 Å². The first-order valence-electron chi connectivity index (χ1n) is 8.55. The number of thiophene rings is 2. The molecule has 0 saturated carbocycles. The number of benzene rings is 1. The van der Waals surface area contributed by atoms with Crippen molar-refractivity contribution in [3.63, 3.8) is 0 Å². The van der Waals surface area contributed by atoms with Crippen LogP contribution in [0.25, 0.3) is 0 Å². The zero-order valence-electron chi connectivity index (χ0n) is 14.5. The van der Waals surface area contributed by atoms with Gasteiger partial charge in [-0.15, -0.1) is 22.7 Å². The molecule has 0 radical (unpaired) electrons. The highest BCUT2D eigenvalue weighted by Gasteiger charge is 2.29. The van der Waals surface area contributed by atoms with Crippen LogP contribution in [0.15, 0.2) is 59.3 Å². The van der Waals surface area contributed by atoms with Crippen LogP contribution in [-0.2, 0) is 22.7 Å². The minimum atomic E-state index is -0.200. The monoisotopic (exact) mass is 398 g/mol. The number of para-hydroxylation sites is 2. The summed E-state index contributed by atoms with van der Waals surface area (Å²) in [6.45, 7) is 1.04. The van der Waals surface area contributed by atoms with Crippen LogP contribution in [0.2, 0.25) is 0 Å². The summed E-state index contributed by atoms with van der Waals surface area (Å²) in [6.07, 6.45) is 0. The van der Waals surface area contributed by atoms with Crippen molar-refractivity contribution in [2.75, 3.05) is 18.1 Å². The Morgan fingerprint density at radius 1 is 1.00 bits per heavy atom. The molecular formula is C20H18N2O3S2. The number of anilines is 1. The number of fused-ring (bicyclic) bond motifs is 1. The summed E-state index contributed by atoms with van der Waals surface area (Å²) in [4.78, 5) is 31.1. The van der Waals surface area contributed by atoms with Gasteiger partial charge in [-0.25, -0.2) is 0 Å². The molecule has 3 heterocycles. The Hall–Kier alpha value is -2.64. The lowest BCUT2D eigenvalue weighted by molar-refractivity contribution is -0.133.